The van der Waals surface area contributed by atoms with Crippen LogP contribution in [0, 0.1) is 22.7 Å². The van der Waals surface area contributed by atoms with Crippen molar-refractivity contribution in [3.8, 4) is 0 Å². The summed E-state index contributed by atoms with van der Waals surface area (Å²) in [6, 6.07) is 0. The van der Waals surface area contributed by atoms with Crippen LogP contribution in [0.3, 0.4) is 0 Å². The van der Waals surface area contributed by atoms with Gasteiger partial charge in [-0.25, -0.2) is 0 Å². The van der Waals surface area contributed by atoms with Crippen LogP contribution in [0.5, 0.6) is 0 Å². The fraction of sp³-hybridized carbons (Fsp3) is 0.833. The maximum atomic E-state index is 12.5. The summed E-state index contributed by atoms with van der Waals surface area (Å²) in [6.45, 7) is 9.93. The summed E-state index contributed by atoms with van der Waals surface area (Å²) in [7, 11) is 0. The van der Waals surface area contributed by atoms with E-state index in [1.165, 1.54) is 0 Å². The van der Waals surface area contributed by atoms with Crippen molar-refractivity contribution < 1.29 is 14.1 Å². The molecule has 24 heavy (non-hydrogen) atoms. The number of ether oxygens (including phenoxy) is 1. The Labute approximate surface area is 142 Å². The first-order chi connectivity index (χ1) is 11.3. The molecule has 2 saturated carbocycles. The van der Waals surface area contributed by atoms with Crippen molar-refractivity contribution in [2.45, 2.75) is 59.0 Å². The third kappa shape index (κ3) is 2.46. The molecule has 132 valence electrons. The zero-order valence-corrected chi connectivity index (χ0v) is 15.0. The lowest BCUT2D eigenvalue weighted by atomic mass is 10.0. The van der Waals surface area contributed by atoms with Gasteiger partial charge >= 0.3 is 0 Å². The minimum Gasteiger partial charge on any atom is -0.368 e. The van der Waals surface area contributed by atoms with E-state index in [0.29, 0.717) is 25.0 Å². The molecule has 1 N–H and O–H groups in total. The number of aromatic nitrogens is 2. The summed E-state index contributed by atoms with van der Waals surface area (Å²) in [5.74, 6) is 2.29. The van der Waals surface area contributed by atoms with Gasteiger partial charge in [-0.05, 0) is 30.1 Å². The fourth-order valence-electron chi connectivity index (χ4n) is 4.17. The van der Waals surface area contributed by atoms with Gasteiger partial charge in [0.05, 0.1) is 0 Å². The molecule has 0 radical (unpaired) electrons. The predicted molar refractivity (Wildman–Crippen MR) is 87.1 cm³/mol. The van der Waals surface area contributed by atoms with Crippen LogP contribution >= 0.6 is 0 Å². The Balaban J connectivity index is 1.36. The monoisotopic (exact) mass is 333 g/mol. The highest BCUT2D eigenvalue weighted by Crippen LogP contribution is 2.68. The third-order valence-corrected chi connectivity index (χ3v) is 6.68. The molecule has 2 aliphatic carbocycles. The molecule has 1 aromatic heterocycles. The van der Waals surface area contributed by atoms with Crippen LogP contribution in [-0.4, -0.2) is 29.2 Å². The molecule has 0 aromatic carbocycles. The van der Waals surface area contributed by atoms with Gasteiger partial charge in [-0.15, -0.1) is 0 Å². The van der Waals surface area contributed by atoms with Crippen molar-refractivity contribution in [3.05, 3.63) is 11.7 Å². The molecule has 1 aliphatic heterocycles. The lowest BCUT2D eigenvalue weighted by molar-refractivity contribution is -0.123. The van der Waals surface area contributed by atoms with E-state index >= 15 is 0 Å². The minimum atomic E-state index is -0.189. The average Bonchev–Trinajstić information content (AvgIpc) is 3.22. The highest BCUT2D eigenvalue weighted by molar-refractivity contribution is 5.84. The lowest BCUT2D eigenvalue weighted by Gasteiger charge is -2.16. The summed E-state index contributed by atoms with van der Waals surface area (Å²) in [5.41, 5.74) is 0.128. The van der Waals surface area contributed by atoms with E-state index in [4.69, 9.17) is 9.26 Å². The molecular formula is C18H27N3O3. The Morgan fingerprint density at radius 2 is 1.92 bits per heavy atom. The number of nitrogens with one attached hydrogen (secondary N) is 1. The van der Waals surface area contributed by atoms with E-state index in [2.05, 4.69) is 43.2 Å². The third-order valence-electron chi connectivity index (χ3n) is 6.68. The molecule has 6 nitrogen and oxygen atoms in total. The van der Waals surface area contributed by atoms with Crippen LogP contribution in [0.2, 0.25) is 0 Å². The van der Waals surface area contributed by atoms with Crippen molar-refractivity contribution in [2.24, 2.45) is 22.7 Å². The highest BCUT2D eigenvalue weighted by Gasteiger charge is 2.68. The van der Waals surface area contributed by atoms with E-state index < -0.39 is 0 Å². The second-order valence-electron chi connectivity index (χ2n) is 8.73. The molecule has 0 bridgehead atoms. The van der Waals surface area contributed by atoms with Crippen molar-refractivity contribution in [3.63, 3.8) is 0 Å². The summed E-state index contributed by atoms with van der Waals surface area (Å²) >= 11 is 0. The van der Waals surface area contributed by atoms with E-state index in [1.807, 2.05) is 0 Å². The average molecular weight is 333 g/mol. The van der Waals surface area contributed by atoms with Gasteiger partial charge in [0.1, 0.15) is 6.10 Å². The first-order valence-electron chi connectivity index (χ1n) is 9.05. The Bertz CT molecular complexity index is 634. The molecule has 0 spiro atoms. The van der Waals surface area contributed by atoms with Gasteiger partial charge in [-0.3, -0.25) is 4.79 Å². The number of hydrogen-bond donors (Lipinski definition) is 1. The molecule has 1 aromatic rings. The summed E-state index contributed by atoms with van der Waals surface area (Å²) in [5, 5.41) is 7.21. The number of rotatable bonds is 5. The number of carbonyl (C=O) groups is 1. The molecule has 1 amide bonds. The molecular weight excluding hydrogens is 306 g/mol. The van der Waals surface area contributed by atoms with Crippen LogP contribution in [0.4, 0.5) is 0 Å². The number of hydrogen-bond acceptors (Lipinski definition) is 5. The van der Waals surface area contributed by atoms with Crippen molar-refractivity contribution in [1.29, 1.82) is 0 Å². The molecule has 2 heterocycles. The number of carbonyl (C=O) groups excluding carboxylic acids is 1. The van der Waals surface area contributed by atoms with Gasteiger partial charge in [0.15, 0.2) is 5.82 Å². The van der Waals surface area contributed by atoms with E-state index in [-0.39, 0.29) is 34.7 Å². The molecule has 6 heteroatoms. The zero-order valence-electron chi connectivity index (χ0n) is 15.0. The van der Waals surface area contributed by atoms with Gasteiger partial charge in [-0.2, -0.15) is 4.98 Å². The van der Waals surface area contributed by atoms with Crippen molar-refractivity contribution in [1.82, 2.24) is 15.5 Å². The van der Waals surface area contributed by atoms with Crippen molar-refractivity contribution >= 4 is 5.91 Å². The van der Waals surface area contributed by atoms with Gasteiger partial charge in [-0.1, -0.05) is 32.9 Å². The van der Waals surface area contributed by atoms with Crippen molar-refractivity contribution in [2.75, 3.05) is 13.2 Å². The second-order valence-corrected chi connectivity index (χ2v) is 8.73. The Morgan fingerprint density at radius 3 is 2.54 bits per heavy atom. The lowest BCUT2D eigenvalue weighted by Crippen LogP contribution is -2.33. The second kappa shape index (κ2) is 5.28. The Kier molecular flexibility index (Phi) is 3.53. The first kappa shape index (κ1) is 16.1. The Hall–Kier alpha value is -1.43. The summed E-state index contributed by atoms with van der Waals surface area (Å²) in [6.07, 6.45) is 3.02. The highest BCUT2D eigenvalue weighted by atomic mass is 16.5. The Morgan fingerprint density at radius 1 is 1.21 bits per heavy atom. The number of amides is 1. The SMILES string of the molecule is CC1(C)C(C(=O)NC[C@@H]2CCO[C@@H]2c2nc(C3CC3)no2)C1(C)C. The molecule has 3 fully saturated rings. The van der Waals surface area contributed by atoms with Gasteiger partial charge in [0, 0.05) is 30.9 Å². The van der Waals surface area contributed by atoms with Gasteiger partial charge in [0.25, 0.3) is 5.89 Å². The maximum Gasteiger partial charge on any atom is 0.256 e. The standard InChI is InChI=1S/C18H27N3O3/c1-17(2)13(18(17,3)4)15(22)19-9-11-7-8-23-12(11)16-20-14(21-24-16)10-5-6-10/h10-13H,5-9H2,1-4H3,(H,19,22)/t11-,12-/m0/s1. The first-order valence-corrected chi connectivity index (χ1v) is 9.05. The predicted octanol–water partition coefficient (Wildman–Crippen LogP) is 2.82. The molecule has 3 aliphatic rings. The largest absolute Gasteiger partial charge is 0.368 e. The molecule has 2 atom stereocenters. The smallest absolute Gasteiger partial charge is 0.256 e. The van der Waals surface area contributed by atoms with Gasteiger partial charge < -0.3 is 14.6 Å². The van der Waals surface area contributed by atoms with E-state index in [9.17, 15) is 4.79 Å². The van der Waals surface area contributed by atoms with E-state index in [0.717, 1.165) is 25.1 Å². The van der Waals surface area contributed by atoms with Crippen LogP contribution < -0.4 is 5.32 Å². The summed E-state index contributed by atoms with van der Waals surface area (Å²) in [4.78, 5) is 17.0. The number of nitrogens with zero attached hydrogens (tertiary/aromatic N) is 2. The molecule has 1 saturated heterocycles. The fourth-order valence-corrected chi connectivity index (χ4v) is 4.17. The van der Waals surface area contributed by atoms with Gasteiger partial charge in [0.2, 0.25) is 5.91 Å². The maximum absolute atomic E-state index is 12.5. The zero-order chi connectivity index (χ0) is 17.1. The minimum absolute atomic E-state index is 0.0638. The van der Waals surface area contributed by atoms with Crippen LogP contribution in [0.1, 0.15) is 70.7 Å². The molecule has 0 unspecified atom stereocenters. The van der Waals surface area contributed by atoms with Crippen LogP contribution in [0.15, 0.2) is 4.52 Å². The summed E-state index contributed by atoms with van der Waals surface area (Å²) < 4.78 is 11.2. The van der Waals surface area contributed by atoms with Crippen LogP contribution in [0.25, 0.3) is 0 Å². The quantitative estimate of drug-likeness (QED) is 0.896. The molecule has 4 rings (SSSR count). The van der Waals surface area contributed by atoms with Crippen LogP contribution in [-0.2, 0) is 9.53 Å². The topological polar surface area (TPSA) is 77.2 Å². The van der Waals surface area contributed by atoms with E-state index in [1.54, 1.807) is 0 Å². The normalized spacial score (nSPS) is 31.2.